The summed E-state index contributed by atoms with van der Waals surface area (Å²) in [5.41, 5.74) is 3.02. The van der Waals surface area contributed by atoms with Crippen LogP contribution < -0.4 is 19.5 Å². The van der Waals surface area contributed by atoms with Crippen LogP contribution in [0.4, 0.5) is 0 Å². The number of nitrogens with one attached hydrogen (secondary N) is 1. The van der Waals surface area contributed by atoms with Crippen molar-refractivity contribution in [3.8, 4) is 17.2 Å². The fraction of sp³-hybridized carbons (Fsp3) is 0.310. The molecule has 3 aromatic rings. The molecule has 7 heteroatoms. The van der Waals surface area contributed by atoms with E-state index >= 15 is 0 Å². The van der Waals surface area contributed by atoms with Crippen molar-refractivity contribution < 1.29 is 23.8 Å². The molecule has 3 aromatic carbocycles. The molecule has 190 valence electrons. The van der Waals surface area contributed by atoms with E-state index in [2.05, 4.69) is 5.32 Å². The van der Waals surface area contributed by atoms with Gasteiger partial charge in [-0.05, 0) is 25.0 Å². The molecule has 0 radical (unpaired) electrons. The van der Waals surface area contributed by atoms with Crippen molar-refractivity contribution in [2.24, 2.45) is 0 Å². The molecule has 0 saturated carbocycles. The van der Waals surface area contributed by atoms with Crippen LogP contribution >= 0.6 is 0 Å². The summed E-state index contributed by atoms with van der Waals surface area (Å²) in [7, 11) is 3.10. The number of carbonyl (C=O) groups excluding carboxylic acids is 2. The second kappa shape index (κ2) is 13.2. The third-order valence-corrected chi connectivity index (χ3v) is 5.78. The van der Waals surface area contributed by atoms with Gasteiger partial charge in [-0.25, -0.2) is 0 Å². The van der Waals surface area contributed by atoms with E-state index in [1.165, 1.54) is 0 Å². The predicted octanol–water partition coefficient (Wildman–Crippen LogP) is 4.17. The Morgan fingerprint density at radius 2 is 1.47 bits per heavy atom. The first-order chi connectivity index (χ1) is 17.4. The molecule has 0 bridgehead atoms. The number of likely N-dealkylation sites (N-methyl/N-ethyl adjacent to an activating group) is 1. The minimum Gasteiger partial charge on any atom is -0.496 e. The molecule has 0 aliphatic heterocycles. The molecule has 0 spiro atoms. The summed E-state index contributed by atoms with van der Waals surface area (Å²) in [5.74, 6) is 1.04. The van der Waals surface area contributed by atoms with Gasteiger partial charge < -0.3 is 24.4 Å². The normalized spacial score (nSPS) is 11.3. The van der Waals surface area contributed by atoms with Crippen molar-refractivity contribution in [1.82, 2.24) is 10.2 Å². The van der Waals surface area contributed by atoms with E-state index in [0.29, 0.717) is 30.2 Å². The maximum Gasteiger partial charge on any atom is 0.261 e. The van der Waals surface area contributed by atoms with E-state index in [1.54, 1.807) is 37.3 Å². The Kier molecular flexibility index (Phi) is 9.74. The molecular weight excluding hydrogens is 456 g/mol. The molecule has 0 aliphatic carbocycles. The second-order valence-corrected chi connectivity index (χ2v) is 8.44. The van der Waals surface area contributed by atoms with Crippen molar-refractivity contribution >= 4 is 11.8 Å². The summed E-state index contributed by atoms with van der Waals surface area (Å²) in [6, 6.07) is 22.0. The molecule has 2 amide bonds. The van der Waals surface area contributed by atoms with E-state index in [0.717, 1.165) is 16.7 Å². The van der Waals surface area contributed by atoms with Crippen molar-refractivity contribution in [3.63, 3.8) is 0 Å². The first kappa shape index (κ1) is 26.6. The Balaban J connectivity index is 1.89. The number of amides is 2. The molecular formula is C29H34N2O5. The minimum absolute atomic E-state index is 0.204. The lowest BCUT2D eigenvalue weighted by molar-refractivity contribution is -0.142. The number of rotatable bonds is 12. The first-order valence-electron chi connectivity index (χ1n) is 12.0. The Morgan fingerprint density at radius 1 is 0.861 bits per heavy atom. The van der Waals surface area contributed by atoms with Crippen LogP contribution in [-0.4, -0.2) is 50.1 Å². The number of methoxy groups -OCH3 is 2. The number of benzene rings is 3. The average Bonchev–Trinajstić information content (AvgIpc) is 2.90. The third-order valence-electron chi connectivity index (χ3n) is 5.78. The lowest BCUT2D eigenvalue weighted by atomic mass is 10.0. The largest absolute Gasteiger partial charge is 0.496 e. The summed E-state index contributed by atoms with van der Waals surface area (Å²) < 4.78 is 16.4. The predicted molar refractivity (Wildman–Crippen MR) is 139 cm³/mol. The highest BCUT2D eigenvalue weighted by Crippen LogP contribution is 2.27. The first-order valence-corrected chi connectivity index (χ1v) is 12.0. The summed E-state index contributed by atoms with van der Waals surface area (Å²) in [6.45, 7) is 4.38. The lowest BCUT2D eigenvalue weighted by Crippen LogP contribution is -2.51. The molecule has 3 rings (SSSR count). The van der Waals surface area contributed by atoms with E-state index in [9.17, 15) is 9.59 Å². The molecule has 7 nitrogen and oxygen atoms in total. The van der Waals surface area contributed by atoms with Crippen molar-refractivity contribution in [2.45, 2.75) is 32.9 Å². The van der Waals surface area contributed by atoms with Gasteiger partial charge >= 0.3 is 0 Å². The van der Waals surface area contributed by atoms with Gasteiger partial charge in [0.15, 0.2) is 6.61 Å². The maximum absolute atomic E-state index is 13.6. The molecule has 1 atom stereocenters. The fourth-order valence-electron chi connectivity index (χ4n) is 3.83. The summed E-state index contributed by atoms with van der Waals surface area (Å²) in [4.78, 5) is 28.4. The van der Waals surface area contributed by atoms with Crippen LogP contribution in [0.1, 0.15) is 23.6 Å². The van der Waals surface area contributed by atoms with Crippen molar-refractivity contribution in [3.05, 3.63) is 89.5 Å². The van der Waals surface area contributed by atoms with Gasteiger partial charge in [0.1, 0.15) is 23.3 Å². The SMILES string of the molecule is CCNC(=O)[C@H](Cc1ccccc1)N(Cc1ccc(C)cc1)C(=O)COc1cc(OC)cc(OC)c1. The van der Waals surface area contributed by atoms with Gasteiger partial charge in [-0.3, -0.25) is 9.59 Å². The van der Waals surface area contributed by atoms with Gasteiger partial charge in [-0.1, -0.05) is 60.2 Å². The highest BCUT2D eigenvalue weighted by Gasteiger charge is 2.30. The van der Waals surface area contributed by atoms with Gasteiger partial charge in [-0.2, -0.15) is 0 Å². The van der Waals surface area contributed by atoms with Crippen LogP contribution in [0.25, 0.3) is 0 Å². The standard InChI is InChI=1S/C29H34N2O5/c1-5-30-29(33)27(15-22-9-7-6-8-10-22)31(19-23-13-11-21(2)12-14-23)28(32)20-36-26-17-24(34-3)16-25(18-26)35-4/h6-14,16-18,27H,5,15,19-20H2,1-4H3,(H,30,33)/t27-/m0/s1. The summed E-state index contributed by atoms with van der Waals surface area (Å²) in [6.07, 6.45) is 0.386. The van der Waals surface area contributed by atoms with Crippen molar-refractivity contribution in [2.75, 3.05) is 27.4 Å². The highest BCUT2D eigenvalue weighted by atomic mass is 16.5. The Hall–Kier alpha value is -4.00. The van der Waals surface area contributed by atoms with Gasteiger partial charge in [0.2, 0.25) is 5.91 Å². The van der Waals surface area contributed by atoms with Gasteiger partial charge in [-0.15, -0.1) is 0 Å². The molecule has 0 aromatic heterocycles. The number of hydrogen-bond donors (Lipinski definition) is 1. The molecule has 0 fully saturated rings. The third kappa shape index (κ3) is 7.50. The topological polar surface area (TPSA) is 77.1 Å². The maximum atomic E-state index is 13.6. The van der Waals surface area contributed by atoms with Crippen LogP contribution in [-0.2, 0) is 22.6 Å². The van der Waals surface area contributed by atoms with Crippen LogP contribution in [0.3, 0.4) is 0 Å². The molecule has 0 unspecified atom stereocenters. The lowest BCUT2D eigenvalue weighted by Gasteiger charge is -2.31. The van der Waals surface area contributed by atoms with E-state index in [1.807, 2.05) is 68.4 Å². The van der Waals surface area contributed by atoms with Gasteiger partial charge in [0.25, 0.3) is 5.91 Å². The highest BCUT2D eigenvalue weighted by molar-refractivity contribution is 5.88. The number of carbonyl (C=O) groups is 2. The zero-order chi connectivity index (χ0) is 25.9. The van der Waals surface area contributed by atoms with Crippen LogP contribution in [0.15, 0.2) is 72.8 Å². The van der Waals surface area contributed by atoms with Crippen molar-refractivity contribution in [1.29, 1.82) is 0 Å². The second-order valence-electron chi connectivity index (χ2n) is 8.44. The van der Waals surface area contributed by atoms with E-state index in [4.69, 9.17) is 14.2 Å². The quantitative estimate of drug-likeness (QED) is 0.412. The van der Waals surface area contributed by atoms with Gasteiger partial charge in [0, 0.05) is 37.7 Å². The number of nitrogens with zero attached hydrogens (tertiary/aromatic N) is 1. The number of ether oxygens (including phenoxy) is 3. The molecule has 1 N–H and O–H groups in total. The zero-order valence-electron chi connectivity index (χ0n) is 21.3. The van der Waals surface area contributed by atoms with E-state index in [-0.39, 0.29) is 25.0 Å². The number of hydrogen-bond acceptors (Lipinski definition) is 5. The Labute approximate surface area is 213 Å². The zero-order valence-corrected chi connectivity index (χ0v) is 21.3. The summed E-state index contributed by atoms with van der Waals surface area (Å²) >= 11 is 0. The molecule has 0 heterocycles. The fourth-order valence-corrected chi connectivity index (χ4v) is 3.83. The van der Waals surface area contributed by atoms with E-state index < -0.39 is 6.04 Å². The molecule has 0 aliphatic rings. The number of aryl methyl sites for hydroxylation is 1. The van der Waals surface area contributed by atoms with Crippen LogP contribution in [0.5, 0.6) is 17.2 Å². The summed E-state index contributed by atoms with van der Waals surface area (Å²) in [5, 5.41) is 2.89. The minimum atomic E-state index is -0.704. The van der Waals surface area contributed by atoms with Crippen LogP contribution in [0, 0.1) is 6.92 Å². The van der Waals surface area contributed by atoms with Crippen LogP contribution in [0.2, 0.25) is 0 Å². The smallest absolute Gasteiger partial charge is 0.261 e. The van der Waals surface area contributed by atoms with Gasteiger partial charge in [0.05, 0.1) is 14.2 Å². The molecule has 36 heavy (non-hydrogen) atoms. The molecule has 0 saturated heterocycles. The average molecular weight is 491 g/mol. The Morgan fingerprint density at radius 3 is 2.06 bits per heavy atom. The Bertz CT molecular complexity index is 1110. The monoisotopic (exact) mass is 490 g/mol.